The van der Waals surface area contributed by atoms with Crippen molar-refractivity contribution < 1.29 is 22.7 Å². The Morgan fingerprint density at radius 3 is 2.57 bits per heavy atom. The normalized spacial score (nSPS) is 24.2. The number of carbonyl (C=O) groups is 1. The minimum Gasteiger partial charge on any atom is -0.477 e. The third kappa shape index (κ3) is 4.31. The highest BCUT2D eigenvalue weighted by Gasteiger charge is 2.73. The highest BCUT2D eigenvalue weighted by Crippen LogP contribution is 2.63. The second kappa shape index (κ2) is 9.07. The molecule has 3 aliphatic rings. The number of amides is 1. The second-order valence-corrected chi connectivity index (χ2v) is 11.6. The van der Waals surface area contributed by atoms with Crippen LogP contribution in [0.2, 0.25) is 0 Å². The zero-order valence-electron chi connectivity index (χ0n) is 20.3. The molecule has 1 aliphatic heterocycles. The van der Waals surface area contributed by atoms with Crippen LogP contribution in [0.3, 0.4) is 0 Å². The van der Waals surface area contributed by atoms with Gasteiger partial charge >= 0.3 is 0 Å². The van der Waals surface area contributed by atoms with Crippen LogP contribution in [0, 0.1) is 11.8 Å². The predicted molar refractivity (Wildman–Crippen MR) is 137 cm³/mol. The molecule has 3 atom stereocenters. The third-order valence-electron chi connectivity index (χ3n) is 7.27. The average Bonchev–Trinajstić information content (AvgIpc) is 3.80. The van der Waals surface area contributed by atoms with Crippen LogP contribution in [0.15, 0.2) is 55.0 Å². The Morgan fingerprint density at radius 2 is 1.86 bits per heavy atom. The fraction of sp³-hybridized carbons (Fsp3) is 0.385. The molecule has 3 aromatic rings. The highest BCUT2D eigenvalue weighted by atomic mass is 32.2. The fourth-order valence-electron chi connectivity index (χ4n) is 5.20. The summed E-state index contributed by atoms with van der Waals surface area (Å²) in [6.07, 6.45) is 6.12. The molecule has 1 unspecified atom stereocenters. The molecule has 2 aromatic heterocycles. The first-order valence-electron chi connectivity index (χ1n) is 12.3. The Bertz CT molecular complexity index is 1430. The van der Waals surface area contributed by atoms with Crippen LogP contribution in [0.4, 0.5) is 11.4 Å². The summed E-state index contributed by atoms with van der Waals surface area (Å²) in [7, 11) is -3.42. The van der Waals surface area contributed by atoms with Crippen LogP contribution >= 0.6 is 0 Å². The van der Waals surface area contributed by atoms with Gasteiger partial charge < -0.3 is 14.8 Å². The predicted octanol–water partition coefficient (Wildman–Crippen LogP) is 2.99. The zero-order chi connectivity index (χ0) is 25.6. The van der Waals surface area contributed by atoms with Crippen molar-refractivity contribution in [1.29, 1.82) is 0 Å². The van der Waals surface area contributed by atoms with Gasteiger partial charge in [0.1, 0.15) is 5.41 Å². The van der Waals surface area contributed by atoms with Crippen molar-refractivity contribution >= 4 is 27.3 Å². The molecule has 3 heterocycles. The Kier molecular flexibility index (Phi) is 5.84. The van der Waals surface area contributed by atoms with Crippen LogP contribution in [-0.2, 0) is 25.0 Å². The largest absolute Gasteiger partial charge is 0.477 e. The van der Waals surface area contributed by atoms with Crippen molar-refractivity contribution in [3.8, 4) is 17.1 Å². The van der Waals surface area contributed by atoms with Gasteiger partial charge in [-0.2, -0.15) is 0 Å². The summed E-state index contributed by atoms with van der Waals surface area (Å²) in [6, 6.07) is 10.7. The molecule has 10 nitrogen and oxygen atoms in total. The van der Waals surface area contributed by atoms with E-state index in [0.717, 1.165) is 5.56 Å². The molecular weight excluding hydrogens is 494 g/mol. The second-order valence-electron chi connectivity index (χ2n) is 9.60. The summed E-state index contributed by atoms with van der Waals surface area (Å²) in [5.74, 6) is 0.264. The molecule has 3 fully saturated rings. The lowest BCUT2D eigenvalue weighted by Crippen LogP contribution is -2.35. The van der Waals surface area contributed by atoms with Crippen molar-refractivity contribution in [2.45, 2.75) is 30.4 Å². The summed E-state index contributed by atoms with van der Waals surface area (Å²) in [4.78, 5) is 26.9. The maximum absolute atomic E-state index is 13.7. The number of hydrogen-bond acceptors (Lipinski definition) is 8. The van der Waals surface area contributed by atoms with E-state index in [0.29, 0.717) is 61.3 Å². The van der Waals surface area contributed by atoms with E-state index in [2.05, 4.69) is 25.0 Å². The third-order valence-corrected chi connectivity index (χ3v) is 9.14. The standard InChI is InChI=1S/C26H27N5O5S/c1-2-36-24-13-27-12-22(30-24)16-3-5-17(6-4-16)29-25(32)26(20-14-35-15-21(20)26)23-11-18(9-10-28-23)31-37(33,34)19-7-8-19/h3-6,9-13,19-21H,2,7-8,14-15H2,1H3,(H,28,31)(H,29,32)/t20-,21+,26?. The van der Waals surface area contributed by atoms with Crippen molar-refractivity contribution in [3.63, 3.8) is 0 Å². The number of carbonyl (C=O) groups excluding carboxylic acids is 1. The molecule has 2 N–H and O–H groups in total. The molecule has 192 valence electrons. The van der Waals surface area contributed by atoms with Crippen LogP contribution in [0.5, 0.6) is 5.88 Å². The number of fused-ring (bicyclic) bond motifs is 1. The van der Waals surface area contributed by atoms with Gasteiger partial charge in [0.15, 0.2) is 0 Å². The van der Waals surface area contributed by atoms with Gasteiger partial charge in [-0.25, -0.2) is 13.4 Å². The summed E-state index contributed by atoms with van der Waals surface area (Å²) in [5.41, 5.74) is 2.27. The van der Waals surface area contributed by atoms with Gasteiger partial charge in [-0.1, -0.05) is 12.1 Å². The monoisotopic (exact) mass is 521 g/mol. The lowest BCUT2D eigenvalue weighted by atomic mass is 9.94. The number of nitrogens with zero attached hydrogens (tertiary/aromatic N) is 3. The Morgan fingerprint density at radius 1 is 1.11 bits per heavy atom. The summed E-state index contributed by atoms with van der Waals surface area (Å²) in [6.45, 7) is 3.32. The quantitative estimate of drug-likeness (QED) is 0.439. The lowest BCUT2D eigenvalue weighted by Gasteiger charge is -2.21. The van der Waals surface area contributed by atoms with Crippen molar-refractivity contribution in [2.75, 3.05) is 29.9 Å². The van der Waals surface area contributed by atoms with Gasteiger partial charge in [-0.15, -0.1) is 0 Å². The molecule has 2 saturated carbocycles. The molecule has 11 heteroatoms. The van der Waals surface area contributed by atoms with Crippen molar-refractivity contribution in [2.24, 2.45) is 11.8 Å². The molecule has 0 spiro atoms. The molecule has 1 saturated heterocycles. The zero-order valence-corrected chi connectivity index (χ0v) is 21.1. The number of sulfonamides is 1. The molecule has 37 heavy (non-hydrogen) atoms. The number of aromatic nitrogens is 3. The van der Waals surface area contributed by atoms with E-state index >= 15 is 0 Å². The van der Waals surface area contributed by atoms with Gasteiger partial charge in [0.25, 0.3) is 0 Å². The average molecular weight is 522 g/mol. The van der Waals surface area contributed by atoms with Gasteiger partial charge in [-0.3, -0.25) is 19.5 Å². The van der Waals surface area contributed by atoms with E-state index in [1.807, 2.05) is 31.2 Å². The van der Waals surface area contributed by atoms with Gasteiger partial charge in [-0.05, 0) is 44.0 Å². The molecule has 0 bridgehead atoms. The minimum atomic E-state index is -3.42. The molecular formula is C26H27N5O5S. The first kappa shape index (κ1) is 23.8. The highest BCUT2D eigenvalue weighted by molar-refractivity contribution is 7.93. The lowest BCUT2D eigenvalue weighted by molar-refractivity contribution is -0.120. The molecule has 6 rings (SSSR count). The summed E-state index contributed by atoms with van der Waals surface area (Å²) in [5, 5.41) is 2.70. The maximum atomic E-state index is 13.7. The number of benzene rings is 1. The van der Waals surface area contributed by atoms with E-state index in [9.17, 15) is 13.2 Å². The minimum absolute atomic E-state index is 0.00820. The van der Waals surface area contributed by atoms with E-state index in [1.54, 1.807) is 30.7 Å². The SMILES string of the molecule is CCOc1cncc(-c2ccc(NC(=O)C3(c4cc(NS(=O)(=O)C5CC5)ccn4)[C@@H]4COC[C@@H]43)cc2)n1. The first-order chi connectivity index (χ1) is 17.9. The molecule has 1 amide bonds. The maximum Gasteiger partial charge on any atom is 0.237 e. The number of ether oxygens (including phenoxy) is 2. The Labute approximate surface area is 214 Å². The van der Waals surface area contributed by atoms with Crippen LogP contribution in [0.1, 0.15) is 25.5 Å². The summed E-state index contributed by atoms with van der Waals surface area (Å²) < 4.78 is 38.6. The van der Waals surface area contributed by atoms with E-state index in [4.69, 9.17) is 9.47 Å². The van der Waals surface area contributed by atoms with Crippen LogP contribution in [-0.4, -0.2) is 54.3 Å². The number of pyridine rings is 1. The van der Waals surface area contributed by atoms with Gasteiger partial charge in [0.05, 0.1) is 54.5 Å². The molecule has 0 radical (unpaired) electrons. The number of nitrogens with one attached hydrogen (secondary N) is 2. The van der Waals surface area contributed by atoms with Gasteiger partial charge in [0.2, 0.25) is 21.8 Å². The fourth-order valence-corrected chi connectivity index (χ4v) is 6.58. The first-order valence-corrected chi connectivity index (χ1v) is 13.9. The molecule has 2 aliphatic carbocycles. The van der Waals surface area contributed by atoms with Crippen LogP contribution < -0.4 is 14.8 Å². The van der Waals surface area contributed by atoms with E-state index < -0.39 is 15.4 Å². The smallest absolute Gasteiger partial charge is 0.237 e. The topological polar surface area (TPSA) is 132 Å². The summed E-state index contributed by atoms with van der Waals surface area (Å²) >= 11 is 0. The van der Waals surface area contributed by atoms with Gasteiger partial charge in [0, 0.05) is 29.3 Å². The Hall–Kier alpha value is -3.57. The number of rotatable bonds is 9. The van der Waals surface area contributed by atoms with E-state index in [-0.39, 0.29) is 23.0 Å². The Balaban J connectivity index is 1.23. The van der Waals surface area contributed by atoms with Crippen LogP contribution in [0.25, 0.3) is 11.3 Å². The van der Waals surface area contributed by atoms with E-state index in [1.165, 1.54) is 0 Å². The van der Waals surface area contributed by atoms with Crippen molar-refractivity contribution in [1.82, 2.24) is 15.0 Å². The number of anilines is 2. The molecule has 1 aromatic carbocycles. The number of hydrogen-bond donors (Lipinski definition) is 2. The van der Waals surface area contributed by atoms with Crippen molar-refractivity contribution in [3.05, 3.63) is 60.7 Å².